The van der Waals surface area contributed by atoms with Crippen LogP contribution in [0.5, 0.6) is 5.75 Å². The lowest BCUT2D eigenvalue weighted by Gasteiger charge is -2.44. The zero-order chi connectivity index (χ0) is 29.1. The number of anilines is 3. The molecule has 2 aliphatic rings. The molecule has 2 aromatic heterocycles. The zero-order valence-electron chi connectivity index (χ0n) is 23.5. The van der Waals surface area contributed by atoms with Crippen molar-refractivity contribution in [3.8, 4) is 17.5 Å². The number of hydrogen-bond acceptors (Lipinski definition) is 11. The fourth-order valence-corrected chi connectivity index (χ4v) is 5.50. The van der Waals surface area contributed by atoms with Gasteiger partial charge in [-0.3, -0.25) is 0 Å². The predicted octanol–water partition coefficient (Wildman–Crippen LogP) is 2.34. The second kappa shape index (κ2) is 11.8. The highest BCUT2D eigenvalue weighted by molar-refractivity contribution is 5.64. The van der Waals surface area contributed by atoms with Crippen molar-refractivity contribution in [2.75, 3.05) is 36.9 Å². The Labute approximate surface area is 236 Å². The van der Waals surface area contributed by atoms with Gasteiger partial charge in [0.1, 0.15) is 34.5 Å². The largest absolute Gasteiger partial charge is 0.483 e. The summed E-state index contributed by atoms with van der Waals surface area (Å²) in [4.78, 5) is 23.9. The molecule has 2 atom stereocenters. The Morgan fingerprint density at radius 2 is 2.02 bits per heavy atom. The highest BCUT2D eigenvalue weighted by Gasteiger charge is 2.33. The second-order valence-corrected chi connectivity index (χ2v) is 11.2. The minimum absolute atomic E-state index is 0.0120. The van der Waals surface area contributed by atoms with Gasteiger partial charge in [0.2, 0.25) is 5.95 Å². The molecule has 0 radical (unpaired) electrons. The number of aromatic nitrogens is 6. The molecule has 0 bridgehead atoms. The monoisotopic (exact) mass is 566 g/mol. The Hall–Kier alpha value is -4.09. The maximum Gasteiger partial charge on any atom is 0.368 e. The van der Waals surface area contributed by atoms with Crippen LogP contribution in [0.25, 0.3) is 5.69 Å². The molecule has 0 amide bonds. The van der Waals surface area contributed by atoms with Gasteiger partial charge in [-0.05, 0) is 75.0 Å². The third-order valence-corrected chi connectivity index (χ3v) is 7.68. The molecule has 0 unspecified atom stereocenters. The molecule has 14 heteroatoms. The molecule has 13 nitrogen and oxygen atoms in total. The van der Waals surface area contributed by atoms with E-state index in [4.69, 9.17) is 4.74 Å². The number of halogens is 1. The molecule has 2 aliphatic heterocycles. The minimum atomic E-state index is -1.06. The number of nitriles is 1. The molecule has 5 rings (SSSR count). The lowest BCUT2D eigenvalue weighted by Crippen LogP contribution is -2.49. The van der Waals surface area contributed by atoms with Gasteiger partial charge in [-0.25, -0.2) is 14.2 Å². The summed E-state index contributed by atoms with van der Waals surface area (Å²) in [6, 6.07) is 5.09. The van der Waals surface area contributed by atoms with E-state index in [1.54, 1.807) is 13.8 Å². The van der Waals surface area contributed by atoms with E-state index in [-0.39, 0.29) is 35.2 Å². The molecule has 2 fully saturated rings. The summed E-state index contributed by atoms with van der Waals surface area (Å²) < 4.78 is 23.2. The van der Waals surface area contributed by atoms with Crippen LogP contribution in [0.1, 0.15) is 51.5 Å². The molecule has 0 spiro atoms. The first-order valence-electron chi connectivity index (χ1n) is 13.8. The van der Waals surface area contributed by atoms with E-state index >= 15 is 4.39 Å². The second-order valence-electron chi connectivity index (χ2n) is 11.2. The molecule has 1 aromatic carbocycles. The van der Waals surface area contributed by atoms with Crippen LogP contribution in [-0.4, -0.2) is 77.6 Å². The van der Waals surface area contributed by atoms with Crippen LogP contribution >= 0.6 is 0 Å². The predicted molar refractivity (Wildman–Crippen MR) is 149 cm³/mol. The number of ether oxygens (including phenoxy) is 1. The van der Waals surface area contributed by atoms with Crippen LogP contribution in [-0.2, 0) is 7.05 Å². The van der Waals surface area contributed by atoms with E-state index < -0.39 is 17.1 Å². The molecule has 2 saturated heterocycles. The fraction of sp³-hybridized carbons (Fsp3) is 0.556. The Balaban J connectivity index is 1.42. The Morgan fingerprint density at radius 3 is 2.76 bits per heavy atom. The summed E-state index contributed by atoms with van der Waals surface area (Å²) in [6.07, 6.45) is 7.31. The minimum Gasteiger partial charge on any atom is -0.483 e. The highest BCUT2D eigenvalue weighted by Crippen LogP contribution is 2.33. The van der Waals surface area contributed by atoms with Crippen molar-refractivity contribution in [2.45, 2.75) is 57.6 Å². The molecule has 4 heterocycles. The van der Waals surface area contributed by atoms with Gasteiger partial charge in [-0.2, -0.15) is 19.6 Å². The van der Waals surface area contributed by atoms with Crippen LogP contribution in [0, 0.1) is 23.1 Å². The number of fused-ring (bicyclic) bond motifs is 1. The summed E-state index contributed by atoms with van der Waals surface area (Å²) in [5.41, 5.74) is -1.29. The summed E-state index contributed by atoms with van der Waals surface area (Å²) in [5, 5.41) is 33.1. The normalized spacial score (nSPS) is 19.3. The average molecular weight is 567 g/mol. The van der Waals surface area contributed by atoms with Crippen LogP contribution < -0.4 is 21.1 Å². The maximum absolute atomic E-state index is 15.3. The quantitative estimate of drug-likeness (QED) is 0.349. The van der Waals surface area contributed by atoms with Gasteiger partial charge >= 0.3 is 5.69 Å². The number of hydrogen-bond donors (Lipinski definition) is 3. The average Bonchev–Trinajstić information content (AvgIpc) is 3.30. The van der Waals surface area contributed by atoms with Crippen molar-refractivity contribution in [3.63, 3.8) is 0 Å². The Kier molecular flexibility index (Phi) is 8.18. The van der Waals surface area contributed by atoms with Crippen LogP contribution in [0.4, 0.5) is 21.8 Å². The van der Waals surface area contributed by atoms with Crippen molar-refractivity contribution in [1.29, 1.82) is 5.26 Å². The number of nitrogens with zero attached hydrogens (tertiary/aromatic N) is 8. The highest BCUT2D eigenvalue weighted by atomic mass is 19.1. The van der Waals surface area contributed by atoms with Crippen molar-refractivity contribution in [1.82, 2.24) is 34.7 Å². The number of piperidine rings is 2. The lowest BCUT2D eigenvalue weighted by molar-refractivity contribution is 0.0408. The summed E-state index contributed by atoms with van der Waals surface area (Å²) >= 11 is 0. The molecule has 0 saturated carbocycles. The number of benzene rings is 1. The summed E-state index contributed by atoms with van der Waals surface area (Å²) in [5.74, 6) is 0.157. The number of tetrazole rings is 1. The Morgan fingerprint density at radius 1 is 1.22 bits per heavy atom. The van der Waals surface area contributed by atoms with Gasteiger partial charge in [-0.15, -0.1) is 0 Å². The fourth-order valence-electron chi connectivity index (χ4n) is 5.50. The molecule has 218 valence electrons. The third kappa shape index (κ3) is 6.15. The molecule has 3 N–H and O–H groups in total. The SMILES string of the molecule is Cn1nnn(-c2cc(Nc3ncc(C#N)c(NC[C@@H]4CCCN5CCCC[C@H]45)n3)c(F)cc2OC(C)(C)CO)c1=O. The number of aliphatic hydroxyl groups is 1. The van der Waals surface area contributed by atoms with Gasteiger partial charge in [0, 0.05) is 25.7 Å². The van der Waals surface area contributed by atoms with E-state index in [2.05, 4.69) is 42.0 Å². The molecule has 3 aromatic rings. The molecule has 0 aliphatic carbocycles. The topological polar surface area (TPSA) is 159 Å². The van der Waals surface area contributed by atoms with Crippen LogP contribution in [0.2, 0.25) is 0 Å². The first-order chi connectivity index (χ1) is 19.7. The summed E-state index contributed by atoms with van der Waals surface area (Å²) in [6.45, 7) is 5.85. The molecular weight excluding hydrogens is 531 g/mol. The van der Waals surface area contributed by atoms with E-state index in [0.29, 0.717) is 24.3 Å². The summed E-state index contributed by atoms with van der Waals surface area (Å²) in [7, 11) is 1.44. The van der Waals surface area contributed by atoms with Gasteiger partial charge < -0.3 is 25.4 Å². The van der Waals surface area contributed by atoms with E-state index in [1.165, 1.54) is 38.6 Å². The van der Waals surface area contributed by atoms with E-state index in [0.717, 1.165) is 41.4 Å². The number of rotatable bonds is 9. The number of nitrogens with one attached hydrogen (secondary N) is 2. The van der Waals surface area contributed by atoms with E-state index in [9.17, 15) is 15.2 Å². The zero-order valence-corrected chi connectivity index (χ0v) is 23.5. The first-order valence-corrected chi connectivity index (χ1v) is 13.8. The van der Waals surface area contributed by atoms with Crippen LogP contribution in [0.3, 0.4) is 0 Å². The van der Waals surface area contributed by atoms with E-state index in [1.807, 2.05) is 0 Å². The van der Waals surface area contributed by atoms with Crippen molar-refractivity contribution in [2.24, 2.45) is 13.0 Å². The van der Waals surface area contributed by atoms with Gasteiger partial charge in [0.15, 0.2) is 5.82 Å². The van der Waals surface area contributed by atoms with Gasteiger partial charge in [0.05, 0.1) is 18.5 Å². The lowest BCUT2D eigenvalue weighted by atomic mass is 9.83. The van der Waals surface area contributed by atoms with Crippen molar-refractivity contribution >= 4 is 17.5 Å². The number of aryl methyl sites for hydroxylation is 1. The molecular formula is C27H35FN10O3. The smallest absolute Gasteiger partial charge is 0.368 e. The van der Waals surface area contributed by atoms with Crippen molar-refractivity contribution in [3.05, 3.63) is 40.2 Å². The standard InChI is InChI=1S/C27H35FN10O3/c1-27(2,16-39)41-23-11-19(28)20(12-22(23)38-26(40)36(3)34-35-38)32-25-31-15-18(13-29)24(33-25)30-14-17-7-6-10-37-9-5-4-8-21(17)37/h11-12,15,17,21,39H,4-10,14,16H2,1-3H3,(H2,30,31,32,33)/t17-,21+/m0/s1. The maximum atomic E-state index is 15.3. The van der Waals surface area contributed by atoms with Gasteiger partial charge in [-0.1, -0.05) is 6.42 Å². The first kappa shape index (κ1) is 28.4. The van der Waals surface area contributed by atoms with Crippen LogP contribution in [0.15, 0.2) is 23.1 Å². The van der Waals surface area contributed by atoms with Gasteiger partial charge in [0.25, 0.3) is 0 Å². The number of aliphatic hydroxyl groups excluding tert-OH is 1. The third-order valence-electron chi connectivity index (χ3n) is 7.68. The van der Waals surface area contributed by atoms with Crippen molar-refractivity contribution < 1.29 is 14.2 Å². The Bertz CT molecular complexity index is 1500. The molecule has 41 heavy (non-hydrogen) atoms.